The van der Waals surface area contributed by atoms with Gasteiger partial charge < -0.3 is 5.11 Å². The van der Waals surface area contributed by atoms with E-state index in [9.17, 15) is 0 Å². The standard InChI is InChI=1S/C17H18N2O/c1-19(14-17-8-10-18-11-9-17)13-16-6-4-15(5-7-16)3-2-12-20/h4-11,20H,12-14H2,1H3. The van der Waals surface area contributed by atoms with Crippen molar-refractivity contribution in [2.24, 2.45) is 0 Å². The topological polar surface area (TPSA) is 36.4 Å². The van der Waals surface area contributed by atoms with E-state index < -0.39 is 0 Å². The molecular formula is C17H18N2O. The first-order valence-electron chi connectivity index (χ1n) is 6.54. The first-order chi connectivity index (χ1) is 9.78. The summed E-state index contributed by atoms with van der Waals surface area (Å²) in [5, 5.41) is 8.66. The molecule has 20 heavy (non-hydrogen) atoms. The lowest BCUT2D eigenvalue weighted by Gasteiger charge is -2.16. The number of nitrogens with zero attached hydrogens (tertiary/aromatic N) is 2. The summed E-state index contributed by atoms with van der Waals surface area (Å²) < 4.78 is 0. The molecule has 0 aliphatic rings. The monoisotopic (exact) mass is 266 g/mol. The number of hydrogen-bond acceptors (Lipinski definition) is 3. The van der Waals surface area contributed by atoms with Gasteiger partial charge in [-0.2, -0.15) is 0 Å². The molecule has 0 aliphatic carbocycles. The van der Waals surface area contributed by atoms with Crippen LogP contribution in [-0.2, 0) is 13.1 Å². The summed E-state index contributed by atoms with van der Waals surface area (Å²) in [7, 11) is 2.10. The van der Waals surface area contributed by atoms with Crippen LogP contribution in [0.25, 0.3) is 0 Å². The molecule has 3 heteroatoms. The van der Waals surface area contributed by atoms with E-state index in [1.54, 1.807) is 0 Å². The smallest absolute Gasteiger partial charge is 0.104 e. The van der Waals surface area contributed by atoms with E-state index in [1.165, 1.54) is 11.1 Å². The van der Waals surface area contributed by atoms with Crippen molar-refractivity contribution in [2.75, 3.05) is 13.7 Å². The van der Waals surface area contributed by atoms with Gasteiger partial charge in [0.2, 0.25) is 0 Å². The Morgan fingerprint density at radius 3 is 2.20 bits per heavy atom. The number of aliphatic hydroxyl groups is 1. The summed E-state index contributed by atoms with van der Waals surface area (Å²) in [6, 6.07) is 12.2. The minimum absolute atomic E-state index is 0.101. The summed E-state index contributed by atoms with van der Waals surface area (Å²) in [5.41, 5.74) is 3.43. The number of benzene rings is 1. The lowest BCUT2D eigenvalue weighted by molar-refractivity contribution is 0.319. The van der Waals surface area contributed by atoms with Crippen LogP contribution in [0.4, 0.5) is 0 Å². The van der Waals surface area contributed by atoms with Crippen molar-refractivity contribution in [3.05, 3.63) is 65.5 Å². The Morgan fingerprint density at radius 1 is 1.00 bits per heavy atom. The Labute approximate surface area is 119 Å². The van der Waals surface area contributed by atoms with Gasteiger partial charge in [0.25, 0.3) is 0 Å². The van der Waals surface area contributed by atoms with Crippen LogP contribution in [0.15, 0.2) is 48.8 Å². The normalized spacial score (nSPS) is 10.2. The number of pyridine rings is 1. The van der Waals surface area contributed by atoms with Gasteiger partial charge in [0.15, 0.2) is 0 Å². The van der Waals surface area contributed by atoms with Gasteiger partial charge in [-0.3, -0.25) is 9.88 Å². The summed E-state index contributed by atoms with van der Waals surface area (Å²) in [6.45, 7) is 1.68. The van der Waals surface area contributed by atoms with Crippen LogP contribution in [0, 0.1) is 11.8 Å². The van der Waals surface area contributed by atoms with Crippen LogP contribution in [0.2, 0.25) is 0 Å². The summed E-state index contributed by atoms with van der Waals surface area (Å²) >= 11 is 0. The van der Waals surface area contributed by atoms with E-state index in [4.69, 9.17) is 5.11 Å². The van der Waals surface area contributed by atoms with E-state index in [0.29, 0.717) is 0 Å². The molecule has 1 aromatic carbocycles. The average molecular weight is 266 g/mol. The SMILES string of the molecule is CN(Cc1ccncc1)Cc1ccc(C#CCO)cc1. The highest BCUT2D eigenvalue weighted by molar-refractivity contribution is 5.36. The van der Waals surface area contributed by atoms with Crippen LogP contribution in [0.1, 0.15) is 16.7 Å². The highest BCUT2D eigenvalue weighted by atomic mass is 16.2. The minimum atomic E-state index is -0.101. The van der Waals surface area contributed by atoms with Crippen LogP contribution >= 0.6 is 0 Å². The highest BCUT2D eigenvalue weighted by Crippen LogP contribution is 2.08. The Morgan fingerprint density at radius 2 is 1.60 bits per heavy atom. The molecule has 0 fully saturated rings. The maximum Gasteiger partial charge on any atom is 0.104 e. The second kappa shape index (κ2) is 7.44. The van der Waals surface area contributed by atoms with Crippen molar-refractivity contribution >= 4 is 0 Å². The molecule has 0 saturated carbocycles. The predicted molar refractivity (Wildman–Crippen MR) is 79.8 cm³/mol. The van der Waals surface area contributed by atoms with Gasteiger partial charge >= 0.3 is 0 Å². The molecule has 0 bridgehead atoms. The van der Waals surface area contributed by atoms with Crippen molar-refractivity contribution in [3.8, 4) is 11.8 Å². The van der Waals surface area contributed by atoms with Crippen molar-refractivity contribution < 1.29 is 5.11 Å². The molecule has 1 heterocycles. The van der Waals surface area contributed by atoms with Gasteiger partial charge in [-0.05, 0) is 42.4 Å². The molecule has 2 aromatic rings. The van der Waals surface area contributed by atoms with Crippen molar-refractivity contribution in [3.63, 3.8) is 0 Å². The number of aromatic nitrogens is 1. The average Bonchev–Trinajstić information content (AvgIpc) is 2.47. The molecule has 0 amide bonds. The molecule has 2 rings (SSSR count). The van der Waals surface area contributed by atoms with Crippen LogP contribution in [-0.4, -0.2) is 28.6 Å². The largest absolute Gasteiger partial charge is 0.384 e. The molecule has 0 radical (unpaired) electrons. The second-order valence-electron chi connectivity index (χ2n) is 4.68. The maximum absolute atomic E-state index is 8.66. The molecule has 102 valence electrons. The van der Waals surface area contributed by atoms with Crippen molar-refractivity contribution in [1.82, 2.24) is 9.88 Å². The molecule has 0 unspecified atom stereocenters. The Kier molecular flexibility index (Phi) is 5.31. The zero-order valence-electron chi connectivity index (χ0n) is 11.6. The lowest BCUT2D eigenvalue weighted by Crippen LogP contribution is -2.17. The van der Waals surface area contributed by atoms with Gasteiger partial charge in [0.05, 0.1) is 0 Å². The number of hydrogen-bond donors (Lipinski definition) is 1. The fraction of sp³-hybridized carbons (Fsp3) is 0.235. The molecule has 0 spiro atoms. The summed E-state index contributed by atoms with van der Waals surface area (Å²) in [4.78, 5) is 6.28. The third-order valence-corrected chi connectivity index (χ3v) is 2.92. The van der Waals surface area contributed by atoms with Crippen LogP contribution in [0.3, 0.4) is 0 Å². The van der Waals surface area contributed by atoms with E-state index in [-0.39, 0.29) is 6.61 Å². The van der Waals surface area contributed by atoms with E-state index in [2.05, 4.69) is 40.9 Å². The van der Waals surface area contributed by atoms with Crippen molar-refractivity contribution in [1.29, 1.82) is 0 Å². The van der Waals surface area contributed by atoms with Crippen molar-refractivity contribution in [2.45, 2.75) is 13.1 Å². The van der Waals surface area contributed by atoms with Crippen LogP contribution < -0.4 is 0 Å². The molecule has 1 N–H and O–H groups in total. The highest BCUT2D eigenvalue weighted by Gasteiger charge is 2.01. The van der Waals surface area contributed by atoms with Crippen LogP contribution in [0.5, 0.6) is 0 Å². The molecule has 0 saturated heterocycles. The van der Waals surface area contributed by atoms with Gasteiger partial charge in [-0.15, -0.1) is 0 Å². The predicted octanol–water partition coefficient (Wildman–Crippen LogP) is 2.06. The molecule has 3 nitrogen and oxygen atoms in total. The summed E-state index contributed by atoms with van der Waals surface area (Å²) in [6.07, 6.45) is 3.63. The zero-order chi connectivity index (χ0) is 14.2. The maximum atomic E-state index is 8.66. The first-order valence-corrected chi connectivity index (χ1v) is 6.54. The Balaban J connectivity index is 1.92. The fourth-order valence-electron chi connectivity index (χ4n) is 2.00. The molecule has 0 atom stereocenters. The number of aliphatic hydroxyl groups excluding tert-OH is 1. The first kappa shape index (κ1) is 14.3. The van der Waals surface area contributed by atoms with E-state index in [1.807, 2.05) is 36.7 Å². The third kappa shape index (κ3) is 4.51. The molecule has 0 aliphatic heterocycles. The van der Waals surface area contributed by atoms with Gasteiger partial charge in [-0.25, -0.2) is 0 Å². The van der Waals surface area contributed by atoms with Gasteiger partial charge in [0, 0.05) is 31.0 Å². The molecule has 1 aromatic heterocycles. The van der Waals surface area contributed by atoms with E-state index in [0.717, 1.165) is 18.7 Å². The lowest BCUT2D eigenvalue weighted by atomic mass is 10.1. The second-order valence-corrected chi connectivity index (χ2v) is 4.68. The Bertz CT molecular complexity index is 582. The Hall–Kier alpha value is -2.15. The van der Waals surface area contributed by atoms with Gasteiger partial charge in [-0.1, -0.05) is 24.0 Å². The minimum Gasteiger partial charge on any atom is -0.384 e. The fourth-order valence-corrected chi connectivity index (χ4v) is 2.00. The summed E-state index contributed by atoms with van der Waals surface area (Å²) in [5.74, 6) is 5.54. The zero-order valence-corrected chi connectivity index (χ0v) is 11.6. The third-order valence-electron chi connectivity index (χ3n) is 2.92. The molecular weight excluding hydrogens is 248 g/mol. The quantitative estimate of drug-likeness (QED) is 0.861. The van der Waals surface area contributed by atoms with E-state index >= 15 is 0 Å². The number of rotatable bonds is 4. The van der Waals surface area contributed by atoms with Gasteiger partial charge in [0.1, 0.15) is 6.61 Å².